The minimum absolute atomic E-state index is 0.234. The van der Waals surface area contributed by atoms with Gasteiger partial charge in [0.2, 0.25) is 0 Å². The van der Waals surface area contributed by atoms with E-state index in [1.165, 1.54) is 14.2 Å². The van der Waals surface area contributed by atoms with Crippen molar-refractivity contribution in [2.45, 2.75) is 19.6 Å². The van der Waals surface area contributed by atoms with Gasteiger partial charge in [-0.3, -0.25) is 4.79 Å². The number of rotatable bonds is 8. The topological polar surface area (TPSA) is 66.0 Å². The van der Waals surface area contributed by atoms with E-state index in [2.05, 4.69) is 5.32 Å². The van der Waals surface area contributed by atoms with E-state index in [-0.39, 0.29) is 12.5 Å². The first-order chi connectivity index (χ1) is 12.5. The van der Waals surface area contributed by atoms with Crippen LogP contribution in [-0.2, 0) is 11.3 Å². The highest BCUT2D eigenvalue weighted by Crippen LogP contribution is 2.33. The van der Waals surface area contributed by atoms with E-state index in [0.29, 0.717) is 33.6 Å². The molecule has 1 atom stereocenters. The minimum atomic E-state index is -0.704. The molecule has 1 amide bonds. The van der Waals surface area contributed by atoms with Gasteiger partial charge < -0.3 is 24.3 Å². The fraction of sp³-hybridized carbons (Fsp3) is 0.316. The number of methoxy groups -OCH3 is 3. The highest BCUT2D eigenvalue weighted by Gasteiger charge is 2.17. The van der Waals surface area contributed by atoms with Crippen molar-refractivity contribution in [2.75, 3.05) is 21.3 Å². The molecule has 0 spiro atoms. The molecule has 0 heterocycles. The van der Waals surface area contributed by atoms with Crippen LogP contribution in [0.25, 0.3) is 0 Å². The Morgan fingerprint density at radius 2 is 1.58 bits per heavy atom. The van der Waals surface area contributed by atoms with E-state index < -0.39 is 6.10 Å². The number of para-hydroxylation sites is 2. The summed E-state index contributed by atoms with van der Waals surface area (Å²) in [6.07, 6.45) is -0.704. The largest absolute Gasteiger partial charge is 0.493 e. The first-order valence-electron chi connectivity index (χ1n) is 7.98. The molecule has 0 aliphatic rings. The van der Waals surface area contributed by atoms with Crippen molar-refractivity contribution < 1.29 is 23.7 Å². The molecular weight excluding hydrogens is 358 g/mol. The summed E-state index contributed by atoms with van der Waals surface area (Å²) in [4.78, 5) is 12.3. The van der Waals surface area contributed by atoms with Gasteiger partial charge in [-0.25, -0.2) is 0 Å². The molecule has 0 aliphatic heterocycles. The lowest BCUT2D eigenvalue weighted by Gasteiger charge is -2.17. The molecule has 0 saturated heterocycles. The van der Waals surface area contributed by atoms with Gasteiger partial charge in [0.1, 0.15) is 0 Å². The third kappa shape index (κ3) is 4.73. The van der Waals surface area contributed by atoms with Crippen LogP contribution in [-0.4, -0.2) is 33.3 Å². The van der Waals surface area contributed by atoms with E-state index in [0.717, 1.165) is 0 Å². The number of amides is 1. The molecule has 26 heavy (non-hydrogen) atoms. The van der Waals surface area contributed by atoms with Gasteiger partial charge in [0.15, 0.2) is 29.1 Å². The van der Waals surface area contributed by atoms with Gasteiger partial charge in [0, 0.05) is 17.6 Å². The summed E-state index contributed by atoms with van der Waals surface area (Å²) in [6.45, 7) is 1.90. The number of hydrogen-bond acceptors (Lipinski definition) is 5. The summed E-state index contributed by atoms with van der Waals surface area (Å²) in [5.41, 5.74) is 0.710. The van der Waals surface area contributed by atoms with E-state index in [9.17, 15) is 4.79 Å². The SMILES string of the molecule is COc1cc(Cl)c(CNC(=O)C(C)Oc2ccccc2OC)cc1OC. The molecule has 1 N–H and O–H groups in total. The maximum Gasteiger partial charge on any atom is 0.261 e. The number of carbonyl (C=O) groups excluding carboxylic acids is 1. The highest BCUT2D eigenvalue weighted by molar-refractivity contribution is 6.31. The number of nitrogens with one attached hydrogen (secondary N) is 1. The highest BCUT2D eigenvalue weighted by atomic mass is 35.5. The van der Waals surface area contributed by atoms with Crippen LogP contribution >= 0.6 is 11.6 Å². The Bertz CT molecular complexity index is 766. The molecule has 7 heteroatoms. The number of halogens is 1. The zero-order chi connectivity index (χ0) is 19.1. The zero-order valence-electron chi connectivity index (χ0n) is 15.2. The van der Waals surface area contributed by atoms with E-state index >= 15 is 0 Å². The van der Waals surface area contributed by atoms with Crippen molar-refractivity contribution >= 4 is 17.5 Å². The van der Waals surface area contributed by atoms with Crippen molar-refractivity contribution in [1.82, 2.24) is 5.32 Å². The maximum absolute atomic E-state index is 12.3. The molecule has 0 saturated carbocycles. The van der Waals surface area contributed by atoms with Gasteiger partial charge in [-0.1, -0.05) is 23.7 Å². The number of hydrogen-bond donors (Lipinski definition) is 1. The van der Waals surface area contributed by atoms with E-state index in [1.807, 2.05) is 12.1 Å². The summed E-state index contributed by atoms with van der Waals surface area (Å²) in [5.74, 6) is 1.86. The maximum atomic E-state index is 12.3. The lowest BCUT2D eigenvalue weighted by Crippen LogP contribution is -2.36. The van der Waals surface area contributed by atoms with Crippen molar-refractivity contribution in [3.63, 3.8) is 0 Å². The Morgan fingerprint density at radius 3 is 2.19 bits per heavy atom. The van der Waals surface area contributed by atoms with Crippen LogP contribution in [0.1, 0.15) is 12.5 Å². The Labute approximate surface area is 158 Å². The third-order valence-electron chi connectivity index (χ3n) is 3.75. The molecule has 2 rings (SSSR count). The standard InChI is InChI=1S/C19H22ClNO5/c1-12(26-16-8-6-5-7-15(16)23-2)19(22)21-11-13-9-17(24-3)18(25-4)10-14(13)20/h5-10,12H,11H2,1-4H3,(H,21,22). The smallest absolute Gasteiger partial charge is 0.261 e. The lowest BCUT2D eigenvalue weighted by molar-refractivity contribution is -0.127. The summed E-state index contributed by atoms with van der Waals surface area (Å²) in [5, 5.41) is 3.27. The summed E-state index contributed by atoms with van der Waals surface area (Å²) in [7, 11) is 4.62. The number of carbonyl (C=O) groups is 1. The third-order valence-corrected chi connectivity index (χ3v) is 4.10. The van der Waals surface area contributed by atoms with Gasteiger partial charge in [0.25, 0.3) is 5.91 Å². The van der Waals surface area contributed by atoms with E-state index in [1.54, 1.807) is 38.3 Å². The molecule has 2 aromatic rings. The van der Waals surface area contributed by atoms with Gasteiger partial charge in [-0.2, -0.15) is 0 Å². The van der Waals surface area contributed by atoms with Gasteiger partial charge in [-0.15, -0.1) is 0 Å². The summed E-state index contributed by atoms with van der Waals surface area (Å²) < 4.78 is 21.4. The quantitative estimate of drug-likeness (QED) is 0.761. The first kappa shape index (κ1) is 19.7. The van der Waals surface area contributed by atoms with Crippen molar-refractivity contribution in [2.24, 2.45) is 0 Å². The molecule has 0 aromatic heterocycles. The molecule has 0 radical (unpaired) electrons. The second kappa shape index (κ2) is 9.20. The summed E-state index contributed by atoms with van der Waals surface area (Å²) in [6, 6.07) is 10.5. The number of benzene rings is 2. The molecule has 0 bridgehead atoms. The Morgan fingerprint density at radius 1 is 1.00 bits per heavy atom. The van der Waals surface area contributed by atoms with Gasteiger partial charge in [0.05, 0.1) is 21.3 Å². The molecule has 0 fully saturated rings. The lowest BCUT2D eigenvalue weighted by atomic mass is 10.2. The van der Waals surface area contributed by atoms with Gasteiger partial charge in [-0.05, 0) is 30.7 Å². The minimum Gasteiger partial charge on any atom is -0.493 e. The first-order valence-corrected chi connectivity index (χ1v) is 8.35. The fourth-order valence-corrected chi connectivity index (χ4v) is 2.54. The van der Waals surface area contributed by atoms with Crippen molar-refractivity contribution in [3.8, 4) is 23.0 Å². The average molecular weight is 380 g/mol. The van der Waals surface area contributed by atoms with Crippen LogP contribution in [0.5, 0.6) is 23.0 Å². The molecule has 0 aliphatic carbocycles. The second-order valence-electron chi connectivity index (χ2n) is 5.43. The molecule has 1 unspecified atom stereocenters. The Balaban J connectivity index is 2.02. The predicted octanol–water partition coefficient (Wildman–Crippen LogP) is 3.45. The average Bonchev–Trinajstić information content (AvgIpc) is 2.66. The molecule has 6 nitrogen and oxygen atoms in total. The van der Waals surface area contributed by atoms with Crippen LogP contribution in [0.4, 0.5) is 0 Å². The van der Waals surface area contributed by atoms with Crippen LogP contribution < -0.4 is 24.3 Å². The predicted molar refractivity (Wildman–Crippen MR) is 99.5 cm³/mol. The van der Waals surface area contributed by atoms with Crippen LogP contribution in [0.3, 0.4) is 0 Å². The number of ether oxygens (including phenoxy) is 4. The molecular formula is C19H22ClNO5. The Hall–Kier alpha value is -2.60. The van der Waals surface area contributed by atoms with Crippen LogP contribution in [0.2, 0.25) is 5.02 Å². The van der Waals surface area contributed by atoms with Crippen molar-refractivity contribution in [1.29, 1.82) is 0 Å². The summed E-state index contributed by atoms with van der Waals surface area (Å²) >= 11 is 6.23. The Kier molecular flexibility index (Phi) is 6.97. The zero-order valence-corrected chi connectivity index (χ0v) is 15.9. The van der Waals surface area contributed by atoms with Crippen molar-refractivity contribution in [3.05, 3.63) is 47.0 Å². The van der Waals surface area contributed by atoms with Crippen LogP contribution in [0, 0.1) is 0 Å². The molecule has 2 aromatic carbocycles. The monoisotopic (exact) mass is 379 g/mol. The van der Waals surface area contributed by atoms with E-state index in [4.69, 9.17) is 30.5 Å². The van der Waals surface area contributed by atoms with Gasteiger partial charge >= 0.3 is 0 Å². The molecule has 140 valence electrons. The van der Waals surface area contributed by atoms with Crippen LogP contribution in [0.15, 0.2) is 36.4 Å². The fourth-order valence-electron chi connectivity index (χ4n) is 2.32. The second-order valence-corrected chi connectivity index (χ2v) is 5.83. The normalized spacial score (nSPS) is 11.4.